The van der Waals surface area contributed by atoms with Crippen molar-refractivity contribution in [1.29, 1.82) is 0 Å². The van der Waals surface area contributed by atoms with Crippen LogP contribution in [0.15, 0.2) is 200 Å². The number of aryl methyl sites for hydroxylation is 1. The van der Waals surface area contributed by atoms with Gasteiger partial charge in [0.15, 0.2) is 0 Å². The fourth-order valence-corrected chi connectivity index (χ4v) is 12.4. The van der Waals surface area contributed by atoms with Gasteiger partial charge in [0.2, 0.25) is 0 Å². The first kappa shape index (κ1) is 41.2. The maximum Gasteiger partial charge on any atom is 0.0720 e. The Hall–Kier alpha value is -7.22. The van der Waals surface area contributed by atoms with Gasteiger partial charge in [-0.05, 0) is 143 Å². The number of fused-ring (bicyclic) bond motifs is 12. The molecule has 0 atom stereocenters. The van der Waals surface area contributed by atoms with Crippen LogP contribution in [0.25, 0.3) is 44.5 Å². The van der Waals surface area contributed by atoms with E-state index < -0.39 is 5.41 Å². The Balaban J connectivity index is 1.15. The number of rotatable bonds is 5. The van der Waals surface area contributed by atoms with Crippen molar-refractivity contribution in [3.05, 3.63) is 256 Å². The second kappa shape index (κ2) is 14.6. The molecular weight excluding hydrogens is 807 g/mol. The fourth-order valence-electron chi connectivity index (χ4n) is 12.4. The van der Waals surface area contributed by atoms with Crippen LogP contribution < -0.4 is 4.90 Å². The zero-order chi connectivity index (χ0) is 46.0. The number of hydrogen-bond donors (Lipinski definition) is 0. The topological polar surface area (TPSA) is 3.24 Å². The number of nitrogens with zero attached hydrogens (tertiary/aromatic N) is 1. The van der Waals surface area contributed by atoms with Crippen LogP contribution >= 0.6 is 0 Å². The lowest BCUT2D eigenvalue weighted by Crippen LogP contribution is -2.40. The summed E-state index contributed by atoms with van der Waals surface area (Å²) in [6, 6.07) is 76.5. The lowest BCUT2D eigenvalue weighted by atomic mass is 9.55. The maximum absolute atomic E-state index is 2.56. The van der Waals surface area contributed by atoms with Crippen molar-refractivity contribution in [1.82, 2.24) is 0 Å². The van der Waals surface area contributed by atoms with Crippen LogP contribution in [-0.4, -0.2) is 0 Å². The number of benzene rings is 9. The molecule has 0 unspecified atom stereocenters. The average Bonchev–Trinajstić information content (AvgIpc) is 3.76. The second-order valence-electron chi connectivity index (χ2n) is 21.4. The van der Waals surface area contributed by atoms with E-state index >= 15 is 0 Å². The highest BCUT2D eigenvalue weighted by atomic mass is 15.1. The van der Waals surface area contributed by atoms with Gasteiger partial charge in [-0.1, -0.05) is 212 Å². The third-order valence-electron chi connectivity index (χ3n) is 15.9. The summed E-state index contributed by atoms with van der Waals surface area (Å²) in [5.41, 5.74) is 26.2. The summed E-state index contributed by atoms with van der Waals surface area (Å²) in [4.78, 5) is 2.56. The van der Waals surface area contributed by atoms with Crippen molar-refractivity contribution in [2.75, 3.05) is 4.90 Å². The van der Waals surface area contributed by atoms with E-state index in [0.29, 0.717) is 0 Å². The smallest absolute Gasteiger partial charge is 0.0720 e. The van der Waals surface area contributed by atoms with Gasteiger partial charge in [-0.25, -0.2) is 0 Å². The van der Waals surface area contributed by atoms with E-state index in [9.17, 15) is 0 Å². The molecule has 326 valence electrons. The summed E-state index contributed by atoms with van der Waals surface area (Å²) in [6.07, 6.45) is 0. The Morgan fingerprint density at radius 1 is 0.343 bits per heavy atom. The third kappa shape index (κ3) is 5.93. The van der Waals surface area contributed by atoms with Crippen LogP contribution in [0.3, 0.4) is 0 Å². The molecule has 0 radical (unpaired) electrons. The Kier molecular flexibility index (Phi) is 9.01. The molecule has 3 aliphatic carbocycles. The predicted octanol–water partition coefficient (Wildman–Crippen LogP) is 17.4. The first-order chi connectivity index (χ1) is 32.3. The van der Waals surface area contributed by atoms with Gasteiger partial charge in [0.1, 0.15) is 0 Å². The van der Waals surface area contributed by atoms with E-state index in [1.807, 2.05) is 0 Å². The molecular formula is C66H57N. The SMILES string of the molecule is Cc1ccccc1-c1cc(-c2ccc(C(C)(C)C)cc2)ccc1N(c1ccc2c(c1)C(C)(C)c1ccccc1-2)c1ccc2c(c1)C1(c3ccccc3-2)c2ccccc2C(C)(C)c2ccccc21. The second-order valence-corrected chi connectivity index (χ2v) is 21.4. The van der Waals surface area contributed by atoms with E-state index in [1.54, 1.807) is 0 Å². The van der Waals surface area contributed by atoms with Gasteiger partial charge in [-0.2, -0.15) is 0 Å². The summed E-state index contributed by atoms with van der Waals surface area (Å²) < 4.78 is 0. The van der Waals surface area contributed by atoms with Gasteiger partial charge in [0, 0.05) is 27.8 Å². The number of anilines is 3. The minimum absolute atomic E-state index is 0.0782. The quantitative estimate of drug-likeness (QED) is 0.167. The van der Waals surface area contributed by atoms with Crippen LogP contribution in [-0.2, 0) is 21.7 Å². The molecule has 67 heavy (non-hydrogen) atoms. The van der Waals surface area contributed by atoms with Gasteiger partial charge in [-0.15, -0.1) is 0 Å². The molecule has 0 bridgehead atoms. The molecule has 1 heteroatoms. The molecule has 0 amide bonds. The Morgan fingerprint density at radius 3 is 1.39 bits per heavy atom. The van der Waals surface area contributed by atoms with E-state index in [-0.39, 0.29) is 16.2 Å². The predicted molar refractivity (Wildman–Crippen MR) is 282 cm³/mol. The molecule has 0 heterocycles. The van der Waals surface area contributed by atoms with E-state index in [0.717, 1.165) is 17.1 Å². The molecule has 0 aromatic heterocycles. The van der Waals surface area contributed by atoms with Crippen molar-refractivity contribution in [2.45, 2.75) is 77.0 Å². The Morgan fingerprint density at radius 2 is 0.791 bits per heavy atom. The van der Waals surface area contributed by atoms with E-state index in [4.69, 9.17) is 0 Å². The highest BCUT2D eigenvalue weighted by molar-refractivity contribution is 5.96. The molecule has 0 saturated heterocycles. The van der Waals surface area contributed by atoms with Crippen molar-refractivity contribution in [3.8, 4) is 44.5 Å². The summed E-state index contributed by atoms with van der Waals surface area (Å²) in [5.74, 6) is 0. The molecule has 9 aromatic rings. The summed E-state index contributed by atoms with van der Waals surface area (Å²) in [6.45, 7) is 18.7. The van der Waals surface area contributed by atoms with Gasteiger partial charge < -0.3 is 4.90 Å². The Bertz CT molecular complexity index is 3410. The molecule has 0 N–H and O–H groups in total. The van der Waals surface area contributed by atoms with Crippen LogP contribution in [0.1, 0.15) is 104 Å². The molecule has 0 saturated carbocycles. The molecule has 0 fully saturated rings. The summed E-state index contributed by atoms with van der Waals surface area (Å²) in [5, 5.41) is 0. The molecule has 3 aliphatic rings. The molecule has 1 nitrogen and oxygen atoms in total. The highest BCUT2D eigenvalue weighted by Crippen LogP contribution is 2.63. The first-order valence-electron chi connectivity index (χ1n) is 24.1. The van der Waals surface area contributed by atoms with Crippen molar-refractivity contribution in [3.63, 3.8) is 0 Å². The average molecular weight is 864 g/mol. The zero-order valence-corrected chi connectivity index (χ0v) is 40.0. The molecule has 1 spiro atoms. The molecule has 12 rings (SSSR count). The van der Waals surface area contributed by atoms with Gasteiger partial charge in [0.05, 0.1) is 11.1 Å². The lowest BCUT2D eigenvalue weighted by molar-refractivity contribution is 0.563. The minimum Gasteiger partial charge on any atom is -0.310 e. The van der Waals surface area contributed by atoms with Crippen LogP contribution in [0.5, 0.6) is 0 Å². The maximum atomic E-state index is 2.56. The highest BCUT2D eigenvalue weighted by Gasteiger charge is 2.53. The Labute approximate surface area is 397 Å². The third-order valence-corrected chi connectivity index (χ3v) is 15.9. The van der Waals surface area contributed by atoms with Crippen molar-refractivity contribution >= 4 is 17.1 Å². The fraction of sp³-hybridized carbons (Fsp3) is 0.182. The zero-order valence-electron chi connectivity index (χ0n) is 40.0. The van der Waals surface area contributed by atoms with Crippen LogP contribution in [0.2, 0.25) is 0 Å². The minimum atomic E-state index is -0.514. The van der Waals surface area contributed by atoms with Crippen LogP contribution in [0.4, 0.5) is 17.1 Å². The first-order valence-corrected chi connectivity index (χ1v) is 24.1. The van der Waals surface area contributed by atoms with Gasteiger partial charge in [0.25, 0.3) is 0 Å². The van der Waals surface area contributed by atoms with E-state index in [2.05, 4.69) is 260 Å². The van der Waals surface area contributed by atoms with Crippen LogP contribution in [0, 0.1) is 6.92 Å². The molecule has 9 aromatic carbocycles. The largest absolute Gasteiger partial charge is 0.310 e. The van der Waals surface area contributed by atoms with Gasteiger partial charge in [-0.3, -0.25) is 0 Å². The lowest BCUT2D eigenvalue weighted by Gasteiger charge is -2.46. The van der Waals surface area contributed by atoms with E-state index in [1.165, 1.54) is 100 Å². The summed E-state index contributed by atoms with van der Waals surface area (Å²) in [7, 11) is 0. The standard InChI is InChI=1S/C66H57N/c1-42-19-9-10-20-48(42)53-39-44(43-29-32-45(33-30-43)63(2,3)4)31-38-62(53)67(46-34-36-51-49-21-11-13-23-54(49)64(5,6)60(51)40-46)47-35-37-52-50-22-12-14-24-55(50)66(61(52)41-47)58-27-17-15-25-56(58)65(7,8)57-26-16-18-28-59(57)66/h9-41H,1-8H3. The normalized spacial score (nSPS) is 15.2. The summed E-state index contributed by atoms with van der Waals surface area (Å²) >= 11 is 0. The van der Waals surface area contributed by atoms with Crippen molar-refractivity contribution < 1.29 is 0 Å². The number of hydrogen-bond acceptors (Lipinski definition) is 1. The monoisotopic (exact) mass is 863 g/mol. The van der Waals surface area contributed by atoms with Gasteiger partial charge >= 0.3 is 0 Å². The van der Waals surface area contributed by atoms with Crippen molar-refractivity contribution in [2.24, 2.45) is 0 Å². The molecule has 0 aliphatic heterocycles.